The fourth-order valence-corrected chi connectivity index (χ4v) is 4.75. The van der Waals surface area contributed by atoms with E-state index in [0.29, 0.717) is 29.1 Å². The molecule has 0 heterocycles. The van der Waals surface area contributed by atoms with Crippen molar-refractivity contribution < 1.29 is 22.8 Å². The number of allylic oxidation sites excluding steroid dienone is 4. The Morgan fingerprint density at radius 3 is 2.00 bits per heavy atom. The predicted octanol–water partition coefficient (Wildman–Crippen LogP) is 1.27. The van der Waals surface area contributed by atoms with Gasteiger partial charge in [0.1, 0.15) is 0 Å². The maximum Gasteiger partial charge on any atom is 0.333 e. The first-order valence-electron chi connectivity index (χ1n) is 8.69. The van der Waals surface area contributed by atoms with Crippen molar-refractivity contribution in [2.75, 3.05) is 6.61 Å². The minimum Gasteiger partial charge on any atom is -0.462 e. The van der Waals surface area contributed by atoms with Crippen molar-refractivity contribution in [3.05, 3.63) is 34.7 Å². The van der Waals surface area contributed by atoms with E-state index in [-0.39, 0.29) is 5.97 Å². The van der Waals surface area contributed by atoms with Crippen molar-refractivity contribution in [3.8, 4) is 0 Å². The highest BCUT2D eigenvalue weighted by Crippen LogP contribution is 2.22. The molecule has 0 N–H and O–H groups in total. The SMILES string of the molecule is C=C(C)C(=O)OCCCCC(O[SiH3])(O[SiH2]C(C)=CC)O[SiH2]C(C)=CC. The Morgan fingerprint density at radius 2 is 1.60 bits per heavy atom. The van der Waals surface area contributed by atoms with Crippen LogP contribution in [0.15, 0.2) is 34.7 Å². The number of hydrogen-bond acceptors (Lipinski definition) is 5. The molecule has 5 nitrogen and oxygen atoms in total. The molecule has 0 aromatic rings. The highest BCUT2D eigenvalue weighted by Gasteiger charge is 2.30. The third-order valence-electron chi connectivity index (χ3n) is 3.80. The first-order valence-corrected chi connectivity index (χ1v) is 12.1. The van der Waals surface area contributed by atoms with E-state index in [4.69, 9.17) is 18.0 Å². The summed E-state index contributed by atoms with van der Waals surface area (Å²) in [6.07, 6.45) is 6.35. The topological polar surface area (TPSA) is 54.0 Å². The Balaban J connectivity index is 4.63. The molecular formula is C17H34O5Si3. The summed E-state index contributed by atoms with van der Waals surface area (Å²) in [5.41, 5.74) is 0.421. The van der Waals surface area contributed by atoms with Crippen LogP contribution in [0.1, 0.15) is 53.9 Å². The van der Waals surface area contributed by atoms with Crippen molar-refractivity contribution in [3.63, 3.8) is 0 Å². The minimum atomic E-state index is -0.919. The molecule has 0 aromatic heterocycles. The Bertz CT molecular complexity index is 467. The van der Waals surface area contributed by atoms with Crippen LogP contribution in [-0.4, -0.2) is 48.6 Å². The lowest BCUT2D eigenvalue weighted by atomic mass is 10.2. The van der Waals surface area contributed by atoms with Gasteiger partial charge in [0, 0.05) is 12.0 Å². The number of unbranched alkanes of at least 4 members (excludes halogenated alkanes) is 1. The van der Waals surface area contributed by atoms with Gasteiger partial charge in [0.25, 0.3) is 5.97 Å². The average molecular weight is 403 g/mol. The van der Waals surface area contributed by atoms with E-state index < -0.39 is 25.5 Å². The van der Waals surface area contributed by atoms with E-state index in [2.05, 4.69) is 32.6 Å². The minimum absolute atomic E-state index is 0.342. The second-order valence-corrected chi connectivity index (χ2v) is 9.90. The summed E-state index contributed by atoms with van der Waals surface area (Å²) in [5, 5.41) is 2.54. The highest BCUT2D eigenvalue weighted by atomic mass is 28.2. The van der Waals surface area contributed by atoms with Gasteiger partial charge in [-0.15, -0.1) is 0 Å². The zero-order valence-electron chi connectivity index (χ0n) is 16.6. The summed E-state index contributed by atoms with van der Waals surface area (Å²) in [6.45, 7) is 13.8. The van der Waals surface area contributed by atoms with Crippen LogP contribution >= 0.6 is 0 Å². The lowest BCUT2D eigenvalue weighted by Gasteiger charge is -2.34. The van der Waals surface area contributed by atoms with E-state index in [1.165, 1.54) is 10.4 Å². The number of hydrogen-bond donors (Lipinski definition) is 0. The molecule has 0 amide bonds. The molecule has 0 aliphatic heterocycles. The first-order chi connectivity index (χ1) is 11.8. The van der Waals surface area contributed by atoms with E-state index in [1.807, 2.05) is 13.8 Å². The summed E-state index contributed by atoms with van der Waals surface area (Å²) in [5.74, 6) is -1.26. The zero-order valence-corrected chi connectivity index (χ0v) is 21.5. The average Bonchev–Trinajstić information content (AvgIpc) is 2.62. The molecule has 0 radical (unpaired) electrons. The van der Waals surface area contributed by atoms with Crippen LogP contribution in [-0.2, 0) is 22.8 Å². The van der Waals surface area contributed by atoms with E-state index >= 15 is 0 Å². The van der Waals surface area contributed by atoms with Gasteiger partial charge in [0.05, 0.1) is 6.61 Å². The summed E-state index contributed by atoms with van der Waals surface area (Å²) in [7, 11) is -1.17. The molecule has 25 heavy (non-hydrogen) atoms. The number of carbonyl (C=O) groups excluding carboxylic acids is 1. The number of rotatable bonds is 13. The second kappa shape index (κ2) is 13.4. The van der Waals surface area contributed by atoms with Gasteiger partial charge in [0.15, 0.2) is 30.0 Å². The molecule has 0 saturated carbocycles. The fourth-order valence-electron chi connectivity index (χ4n) is 1.75. The summed E-state index contributed by atoms with van der Waals surface area (Å²) >= 11 is 0. The largest absolute Gasteiger partial charge is 0.462 e. The Hall–Kier alpha value is -0.779. The van der Waals surface area contributed by atoms with Crippen LogP contribution < -0.4 is 0 Å². The third kappa shape index (κ3) is 10.7. The summed E-state index contributed by atoms with van der Waals surface area (Å²) in [6, 6.07) is 0. The summed E-state index contributed by atoms with van der Waals surface area (Å²) < 4.78 is 23.2. The van der Waals surface area contributed by atoms with Crippen LogP contribution in [0.25, 0.3) is 0 Å². The molecule has 0 aromatic carbocycles. The van der Waals surface area contributed by atoms with Crippen molar-refractivity contribution in [1.82, 2.24) is 0 Å². The highest BCUT2D eigenvalue weighted by molar-refractivity contribution is 6.39. The van der Waals surface area contributed by atoms with E-state index in [0.717, 1.165) is 12.8 Å². The first kappa shape index (κ1) is 24.2. The molecule has 0 rings (SSSR count). The van der Waals surface area contributed by atoms with Crippen LogP contribution in [0, 0.1) is 0 Å². The van der Waals surface area contributed by atoms with Crippen molar-refractivity contribution in [2.24, 2.45) is 0 Å². The smallest absolute Gasteiger partial charge is 0.333 e. The van der Waals surface area contributed by atoms with Crippen molar-refractivity contribution in [1.29, 1.82) is 0 Å². The van der Waals surface area contributed by atoms with Gasteiger partial charge in [-0.05, 0) is 47.5 Å². The maximum atomic E-state index is 11.4. The molecule has 144 valence electrons. The van der Waals surface area contributed by atoms with Gasteiger partial charge < -0.3 is 18.0 Å². The molecule has 0 unspecified atom stereocenters. The Kier molecular flexibility index (Phi) is 13.0. The molecule has 0 spiro atoms. The normalized spacial score (nSPS) is 16.0. The molecule has 0 aliphatic carbocycles. The van der Waals surface area contributed by atoms with Gasteiger partial charge in [-0.2, -0.15) is 0 Å². The summed E-state index contributed by atoms with van der Waals surface area (Å²) in [4.78, 5) is 11.4. The van der Waals surface area contributed by atoms with E-state index in [9.17, 15) is 4.79 Å². The van der Waals surface area contributed by atoms with Crippen LogP contribution in [0.4, 0.5) is 0 Å². The van der Waals surface area contributed by atoms with Crippen LogP contribution in [0.3, 0.4) is 0 Å². The molecule has 0 fully saturated rings. The van der Waals surface area contributed by atoms with Crippen LogP contribution in [0.5, 0.6) is 0 Å². The monoisotopic (exact) mass is 402 g/mol. The number of carbonyl (C=O) groups is 1. The Labute approximate surface area is 160 Å². The molecular weight excluding hydrogens is 368 g/mol. The van der Waals surface area contributed by atoms with Gasteiger partial charge in [-0.25, -0.2) is 4.79 Å². The van der Waals surface area contributed by atoms with Crippen molar-refractivity contribution in [2.45, 2.75) is 59.9 Å². The lowest BCUT2D eigenvalue weighted by Crippen LogP contribution is -2.41. The van der Waals surface area contributed by atoms with Crippen molar-refractivity contribution >= 4 is 36.0 Å². The molecule has 0 bridgehead atoms. The number of ether oxygens (including phenoxy) is 1. The van der Waals surface area contributed by atoms with Gasteiger partial charge in [0.2, 0.25) is 0 Å². The quantitative estimate of drug-likeness (QED) is 0.153. The maximum absolute atomic E-state index is 11.4. The van der Waals surface area contributed by atoms with Gasteiger partial charge in [-0.1, -0.05) is 29.1 Å². The zero-order chi connectivity index (χ0) is 19.3. The Morgan fingerprint density at radius 1 is 1.08 bits per heavy atom. The third-order valence-corrected chi connectivity index (χ3v) is 7.31. The molecule has 0 atom stereocenters. The molecule has 0 aliphatic rings. The fraction of sp³-hybridized carbons (Fsp3) is 0.588. The van der Waals surface area contributed by atoms with Gasteiger partial charge >= 0.3 is 5.97 Å². The van der Waals surface area contributed by atoms with Crippen LogP contribution in [0.2, 0.25) is 0 Å². The molecule has 0 saturated heterocycles. The second-order valence-electron chi connectivity index (χ2n) is 6.11. The lowest BCUT2D eigenvalue weighted by molar-refractivity contribution is -0.257. The molecule has 8 heteroatoms. The number of esters is 1. The standard InChI is InChI=1S/C17H34O5Si3/c1-7-14(5)24-21-17(20-23,22-25-15(6)8-2)11-9-10-12-19-16(18)13(3)4/h7-8H,3,9-12,24-25H2,1-2,4-6,23H3. The predicted molar refractivity (Wildman–Crippen MR) is 111 cm³/mol. The van der Waals surface area contributed by atoms with E-state index in [1.54, 1.807) is 6.92 Å². The van der Waals surface area contributed by atoms with Gasteiger partial charge in [-0.3, -0.25) is 0 Å².